The van der Waals surface area contributed by atoms with Crippen LogP contribution in [0.5, 0.6) is 0 Å². The number of rotatable bonds is 15. The summed E-state index contributed by atoms with van der Waals surface area (Å²) < 4.78 is 0. The smallest absolute Gasteiger partial charge is 0.227 e. The van der Waals surface area contributed by atoms with E-state index in [1.807, 2.05) is 11.0 Å². The molecule has 0 aromatic heterocycles. The Labute approximate surface area is 150 Å². The maximum Gasteiger partial charge on any atom is 0.227 e. The number of carbonyl (C=O) groups is 1. The molecule has 0 spiro atoms. The van der Waals surface area contributed by atoms with Crippen molar-refractivity contribution in [2.24, 2.45) is 0 Å². The van der Waals surface area contributed by atoms with Gasteiger partial charge in [-0.2, -0.15) is 0 Å². The number of allylic oxidation sites excluding steroid dienone is 2. The van der Waals surface area contributed by atoms with Gasteiger partial charge in [0, 0.05) is 18.7 Å². The van der Waals surface area contributed by atoms with Crippen LogP contribution in [-0.2, 0) is 4.79 Å². The molecule has 2 heteroatoms. The van der Waals surface area contributed by atoms with Crippen LogP contribution >= 0.6 is 0 Å². The van der Waals surface area contributed by atoms with Crippen LogP contribution in [0, 0.1) is 0 Å². The van der Waals surface area contributed by atoms with Gasteiger partial charge in [-0.05, 0) is 25.3 Å². The summed E-state index contributed by atoms with van der Waals surface area (Å²) in [5.41, 5.74) is 1.03. The molecular weight excluding hydrogens is 294 g/mol. The molecule has 0 radical (unpaired) electrons. The zero-order valence-electron chi connectivity index (χ0n) is 16.0. The minimum absolute atomic E-state index is 0.260. The Kier molecular flexibility index (Phi) is 12.5. The highest BCUT2D eigenvalue weighted by Gasteiger charge is 2.21. The quantitative estimate of drug-likeness (QED) is 0.239. The van der Waals surface area contributed by atoms with Gasteiger partial charge in [0.25, 0.3) is 0 Å². The van der Waals surface area contributed by atoms with Crippen LogP contribution in [0.2, 0.25) is 0 Å². The van der Waals surface area contributed by atoms with Crippen molar-refractivity contribution in [3.05, 3.63) is 24.4 Å². The summed E-state index contributed by atoms with van der Waals surface area (Å²) in [5, 5.41) is 0. The van der Waals surface area contributed by atoms with Gasteiger partial charge in [0.1, 0.15) is 0 Å². The first kappa shape index (κ1) is 21.0. The SMILES string of the molecule is C=CC(=CCCCCCCCCCCCCCC)N1CCCC1=O. The maximum absolute atomic E-state index is 11.7. The van der Waals surface area contributed by atoms with Crippen molar-refractivity contribution in [2.45, 2.75) is 103 Å². The van der Waals surface area contributed by atoms with Crippen molar-refractivity contribution in [1.82, 2.24) is 4.90 Å². The molecule has 0 aliphatic carbocycles. The normalized spacial score (nSPS) is 15.3. The van der Waals surface area contributed by atoms with Crippen molar-refractivity contribution in [3.8, 4) is 0 Å². The molecule has 0 saturated carbocycles. The lowest BCUT2D eigenvalue weighted by Gasteiger charge is -2.16. The van der Waals surface area contributed by atoms with Crippen LogP contribution in [0.3, 0.4) is 0 Å². The number of hydrogen-bond acceptors (Lipinski definition) is 1. The summed E-state index contributed by atoms with van der Waals surface area (Å²) >= 11 is 0. The third-order valence-corrected chi connectivity index (χ3v) is 5.01. The first-order valence-corrected chi connectivity index (χ1v) is 10.4. The Morgan fingerprint density at radius 1 is 0.958 bits per heavy atom. The van der Waals surface area contributed by atoms with Crippen LogP contribution in [0.25, 0.3) is 0 Å². The Morgan fingerprint density at radius 3 is 1.96 bits per heavy atom. The maximum atomic E-state index is 11.7. The van der Waals surface area contributed by atoms with Gasteiger partial charge in [-0.15, -0.1) is 0 Å². The van der Waals surface area contributed by atoms with Gasteiger partial charge in [-0.25, -0.2) is 0 Å². The van der Waals surface area contributed by atoms with Crippen LogP contribution in [0.15, 0.2) is 24.4 Å². The van der Waals surface area contributed by atoms with Crippen LogP contribution < -0.4 is 0 Å². The summed E-state index contributed by atoms with van der Waals surface area (Å²) in [6, 6.07) is 0. The highest BCUT2D eigenvalue weighted by atomic mass is 16.2. The molecular formula is C22H39NO. The molecule has 24 heavy (non-hydrogen) atoms. The lowest BCUT2D eigenvalue weighted by Crippen LogP contribution is -2.22. The van der Waals surface area contributed by atoms with E-state index in [2.05, 4.69) is 19.6 Å². The van der Waals surface area contributed by atoms with Gasteiger partial charge in [-0.1, -0.05) is 90.2 Å². The van der Waals surface area contributed by atoms with E-state index < -0.39 is 0 Å². The number of unbranched alkanes of at least 4 members (excludes halogenated alkanes) is 12. The predicted molar refractivity (Wildman–Crippen MR) is 105 cm³/mol. The van der Waals surface area contributed by atoms with Gasteiger partial charge in [0.15, 0.2) is 0 Å². The molecule has 0 aromatic carbocycles. The summed E-state index contributed by atoms with van der Waals surface area (Å²) in [6.07, 6.45) is 23.4. The Morgan fingerprint density at radius 2 is 1.50 bits per heavy atom. The molecule has 0 unspecified atom stereocenters. The van der Waals surface area contributed by atoms with Gasteiger partial charge in [0.05, 0.1) is 0 Å². The fourth-order valence-corrected chi connectivity index (χ4v) is 3.46. The van der Waals surface area contributed by atoms with E-state index in [0.29, 0.717) is 6.42 Å². The van der Waals surface area contributed by atoms with Gasteiger partial charge < -0.3 is 4.90 Å². The van der Waals surface area contributed by atoms with E-state index in [1.165, 1.54) is 77.0 Å². The Hall–Kier alpha value is -1.05. The number of carbonyl (C=O) groups excluding carboxylic acids is 1. The first-order valence-electron chi connectivity index (χ1n) is 10.4. The Balaban J connectivity index is 1.93. The average molecular weight is 334 g/mol. The molecule has 1 rings (SSSR count). The third kappa shape index (κ3) is 9.30. The van der Waals surface area contributed by atoms with E-state index in [4.69, 9.17) is 0 Å². The molecule has 1 aliphatic heterocycles. The van der Waals surface area contributed by atoms with E-state index >= 15 is 0 Å². The number of hydrogen-bond donors (Lipinski definition) is 0. The largest absolute Gasteiger partial charge is 0.313 e. The zero-order valence-corrected chi connectivity index (χ0v) is 16.0. The molecule has 2 nitrogen and oxygen atoms in total. The summed E-state index contributed by atoms with van der Waals surface area (Å²) in [6.45, 7) is 7.01. The number of amides is 1. The molecule has 1 heterocycles. The molecule has 0 N–H and O–H groups in total. The highest BCUT2D eigenvalue weighted by molar-refractivity contribution is 5.80. The van der Waals surface area contributed by atoms with Crippen LogP contribution in [0.1, 0.15) is 103 Å². The van der Waals surface area contributed by atoms with E-state index in [0.717, 1.165) is 25.1 Å². The average Bonchev–Trinajstić information content (AvgIpc) is 3.01. The van der Waals surface area contributed by atoms with Crippen molar-refractivity contribution < 1.29 is 4.79 Å². The van der Waals surface area contributed by atoms with Crippen LogP contribution in [-0.4, -0.2) is 17.4 Å². The second-order valence-corrected chi connectivity index (χ2v) is 7.16. The third-order valence-electron chi connectivity index (χ3n) is 5.01. The molecule has 138 valence electrons. The molecule has 0 bridgehead atoms. The molecule has 1 aliphatic rings. The topological polar surface area (TPSA) is 20.3 Å². The molecule has 1 saturated heterocycles. The Bertz CT molecular complexity index is 372. The first-order chi connectivity index (χ1) is 11.8. The van der Waals surface area contributed by atoms with Crippen molar-refractivity contribution in [1.29, 1.82) is 0 Å². The second-order valence-electron chi connectivity index (χ2n) is 7.16. The minimum Gasteiger partial charge on any atom is -0.313 e. The lowest BCUT2D eigenvalue weighted by atomic mass is 10.0. The standard InChI is InChI=1S/C22H39NO/c1-3-5-6-7-8-9-10-11-12-13-14-15-16-18-21(4-2)23-20-17-19-22(23)24/h4,18H,2-3,5-17,19-20H2,1H3. The monoisotopic (exact) mass is 333 g/mol. The fraction of sp³-hybridized carbons (Fsp3) is 0.773. The van der Waals surface area contributed by atoms with Crippen LogP contribution in [0.4, 0.5) is 0 Å². The van der Waals surface area contributed by atoms with E-state index in [1.54, 1.807) is 0 Å². The fourth-order valence-electron chi connectivity index (χ4n) is 3.46. The summed E-state index contributed by atoms with van der Waals surface area (Å²) in [7, 11) is 0. The number of nitrogens with zero attached hydrogens (tertiary/aromatic N) is 1. The minimum atomic E-state index is 0.260. The van der Waals surface area contributed by atoms with E-state index in [-0.39, 0.29) is 5.91 Å². The van der Waals surface area contributed by atoms with Crippen molar-refractivity contribution in [2.75, 3.05) is 6.54 Å². The van der Waals surface area contributed by atoms with Crippen molar-refractivity contribution >= 4 is 5.91 Å². The van der Waals surface area contributed by atoms with Crippen molar-refractivity contribution in [3.63, 3.8) is 0 Å². The number of likely N-dealkylation sites (tertiary alicyclic amines) is 1. The highest BCUT2D eigenvalue weighted by Crippen LogP contribution is 2.18. The van der Waals surface area contributed by atoms with E-state index in [9.17, 15) is 4.79 Å². The predicted octanol–water partition coefficient (Wildman–Crippen LogP) is 6.77. The summed E-state index contributed by atoms with van der Waals surface area (Å²) in [5.74, 6) is 0.260. The second kappa shape index (κ2) is 14.3. The summed E-state index contributed by atoms with van der Waals surface area (Å²) in [4.78, 5) is 13.6. The molecule has 0 atom stereocenters. The zero-order chi connectivity index (χ0) is 17.5. The van der Waals surface area contributed by atoms with Gasteiger partial charge in [-0.3, -0.25) is 4.79 Å². The molecule has 0 aromatic rings. The van der Waals surface area contributed by atoms with Gasteiger partial charge >= 0.3 is 0 Å². The lowest BCUT2D eigenvalue weighted by molar-refractivity contribution is -0.125. The van der Waals surface area contributed by atoms with Gasteiger partial charge in [0.2, 0.25) is 5.91 Å². The molecule has 1 fully saturated rings. The molecule has 1 amide bonds.